The van der Waals surface area contributed by atoms with Crippen molar-refractivity contribution in [3.05, 3.63) is 42.5 Å². The Balaban J connectivity index is 1.80. The van der Waals surface area contributed by atoms with Gasteiger partial charge in [-0.05, 0) is 25.1 Å². The Morgan fingerprint density at radius 3 is 3.00 bits per heavy atom. The lowest BCUT2D eigenvalue weighted by Crippen LogP contribution is -2.26. The van der Waals surface area contributed by atoms with Crippen LogP contribution in [0.2, 0.25) is 0 Å². The van der Waals surface area contributed by atoms with Crippen molar-refractivity contribution in [3.8, 4) is 0 Å². The predicted molar refractivity (Wildman–Crippen MR) is 80.4 cm³/mol. The van der Waals surface area contributed by atoms with Crippen molar-refractivity contribution in [2.45, 2.75) is 17.1 Å². The number of benzene rings is 1. The van der Waals surface area contributed by atoms with Crippen molar-refractivity contribution in [1.82, 2.24) is 9.97 Å². The second kappa shape index (κ2) is 5.53. The third-order valence-corrected chi connectivity index (χ3v) is 4.14. The van der Waals surface area contributed by atoms with Gasteiger partial charge in [0, 0.05) is 23.0 Å². The lowest BCUT2D eigenvalue weighted by molar-refractivity contribution is -0.115. The summed E-state index contributed by atoms with van der Waals surface area (Å²) in [7, 11) is 0. The van der Waals surface area contributed by atoms with Gasteiger partial charge in [-0.1, -0.05) is 0 Å². The fourth-order valence-corrected chi connectivity index (χ4v) is 2.83. The summed E-state index contributed by atoms with van der Waals surface area (Å²) in [6.45, 7) is 1.85. The zero-order valence-electron chi connectivity index (χ0n) is 11.2. The number of thioether (sulfide) groups is 1. The van der Waals surface area contributed by atoms with E-state index in [2.05, 4.69) is 20.6 Å². The van der Waals surface area contributed by atoms with Crippen molar-refractivity contribution >= 4 is 35.0 Å². The summed E-state index contributed by atoms with van der Waals surface area (Å²) >= 11 is 1.50. The Labute approximate surface area is 125 Å². The lowest BCUT2D eigenvalue weighted by Gasteiger charge is -2.21. The monoisotopic (exact) mass is 300 g/mol. The second-order valence-corrected chi connectivity index (χ2v) is 5.89. The number of anilines is 2. The fourth-order valence-electron chi connectivity index (χ4n) is 1.90. The fraction of sp³-hybridized carbons (Fsp3) is 0.143. The Hall–Kier alpha value is -2.41. The van der Waals surface area contributed by atoms with Gasteiger partial charge in [-0.3, -0.25) is 14.6 Å². The molecule has 2 amide bonds. The number of aromatic nitrogens is 2. The normalized spacial score (nSPS) is 16.8. The maximum atomic E-state index is 12.0. The number of fused-ring (bicyclic) bond motifs is 1. The summed E-state index contributed by atoms with van der Waals surface area (Å²) in [4.78, 5) is 32.4. The molecule has 0 saturated carbocycles. The Morgan fingerprint density at radius 1 is 1.38 bits per heavy atom. The molecule has 3 rings (SSSR count). The summed E-state index contributed by atoms with van der Waals surface area (Å²) in [6, 6.07) is 5.41. The van der Waals surface area contributed by atoms with Crippen LogP contribution in [0.5, 0.6) is 0 Å². The molecule has 1 aliphatic rings. The van der Waals surface area contributed by atoms with E-state index in [1.165, 1.54) is 30.4 Å². The summed E-state index contributed by atoms with van der Waals surface area (Å²) in [5.74, 6) is -0.379. The van der Waals surface area contributed by atoms with Crippen LogP contribution in [0.3, 0.4) is 0 Å². The van der Waals surface area contributed by atoms with Crippen LogP contribution in [-0.4, -0.2) is 27.0 Å². The lowest BCUT2D eigenvalue weighted by atomic mass is 10.2. The number of hydrogen-bond acceptors (Lipinski definition) is 5. The van der Waals surface area contributed by atoms with Crippen LogP contribution in [0.1, 0.15) is 17.4 Å². The predicted octanol–water partition coefficient (Wildman–Crippen LogP) is 2.16. The standard InChI is InChI=1S/C14H12N4O2S/c1-8-13(19)18-10-6-9(2-3-12(10)21-8)17-14(20)11-7-15-4-5-16-11/h2-8H,1H3,(H,17,20)(H,18,19). The van der Waals surface area contributed by atoms with Gasteiger partial charge in [0.25, 0.3) is 5.91 Å². The molecule has 0 bridgehead atoms. The average Bonchev–Trinajstić information content (AvgIpc) is 2.49. The number of nitrogens with one attached hydrogen (secondary N) is 2. The van der Waals surface area contributed by atoms with Crippen LogP contribution in [0.25, 0.3) is 0 Å². The molecule has 0 saturated heterocycles. The Kier molecular flexibility index (Phi) is 3.57. The zero-order valence-corrected chi connectivity index (χ0v) is 12.0. The van der Waals surface area contributed by atoms with Gasteiger partial charge in [-0.25, -0.2) is 4.98 Å². The van der Waals surface area contributed by atoms with Crippen LogP contribution in [0, 0.1) is 0 Å². The van der Waals surface area contributed by atoms with Crippen molar-refractivity contribution in [3.63, 3.8) is 0 Å². The van der Waals surface area contributed by atoms with Gasteiger partial charge < -0.3 is 10.6 Å². The molecule has 1 aromatic heterocycles. The Bertz CT molecular complexity index is 705. The molecule has 1 atom stereocenters. The number of amides is 2. The number of rotatable bonds is 2. The number of carbonyl (C=O) groups excluding carboxylic acids is 2. The quantitative estimate of drug-likeness (QED) is 0.888. The molecule has 106 valence electrons. The van der Waals surface area contributed by atoms with Crippen LogP contribution >= 0.6 is 11.8 Å². The van der Waals surface area contributed by atoms with Gasteiger partial charge >= 0.3 is 0 Å². The first-order valence-corrected chi connectivity index (χ1v) is 7.20. The highest BCUT2D eigenvalue weighted by Gasteiger charge is 2.23. The highest BCUT2D eigenvalue weighted by molar-refractivity contribution is 8.00. The molecule has 0 fully saturated rings. The first-order valence-electron chi connectivity index (χ1n) is 6.32. The maximum absolute atomic E-state index is 12.0. The average molecular weight is 300 g/mol. The summed E-state index contributed by atoms with van der Waals surface area (Å²) < 4.78 is 0. The van der Waals surface area contributed by atoms with Gasteiger partial charge in [0.2, 0.25) is 5.91 Å². The van der Waals surface area contributed by atoms with E-state index >= 15 is 0 Å². The van der Waals surface area contributed by atoms with Gasteiger partial charge in [-0.15, -0.1) is 11.8 Å². The molecule has 0 spiro atoms. The molecule has 0 radical (unpaired) electrons. The van der Waals surface area contributed by atoms with E-state index in [0.29, 0.717) is 11.4 Å². The molecule has 2 aromatic rings. The molecule has 7 heteroatoms. The molecule has 1 aliphatic heterocycles. The topological polar surface area (TPSA) is 84.0 Å². The maximum Gasteiger partial charge on any atom is 0.275 e. The molecule has 0 aliphatic carbocycles. The number of carbonyl (C=O) groups is 2. The van der Waals surface area contributed by atoms with E-state index in [0.717, 1.165) is 4.90 Å². The van der Waals surface area contributed by atoms with Crippen molar-refractivity contribution in [2.75, 3.05) is 10.6 Å². The van der Waals surface area contributed by atoms with Crippen LogP contribution < -0.4 is 10.6 Å². The van der Waals surface area contributed by atoms with Gasteiger partial charge in [0.05, 0.1) is 17.1 Å². The largest absolute Gasteiger partial charge is 0.324 e. The molecule has 1 unspecified atom stereocenters. The van der Waals surface area contributed by atoms with E-state index < -0.39 is 0 Å². The van der Waals surface area contributed by atoms with E-state index in [1.807, 2.05) is 13.0 Å². The number of hydrogen-bond donors (Lipinski definition) is 2. The number of nitrogens with zero attached hydrogens (tertiary/aromatic N) is 2. The molecular weight excluding hydrogens is 288 g/mol. The first-order chi connectivity index (χ1) is 10.1. The van der Waals surface area contributed by atoms with Crippen LogP contribution in [0.15, 0.2) is 41.7 Å². The minimum Gasteiger partial charge on any atom is -0.324 e. The van der Waals surface area contributed by atoms with E-state index in [4.69, 9.17) is 0 Å². The van der Waals surface area contributed by atoms with Crippen molar-refractivity contribution < 1.29 is 9.59 Å². The second-order valence-electron chi connectivity index (χ2n) is 4.51. The summed E-state index contributed by atoms with van der Waals surface area (Å²) in [6.07, 6.45) is 4.36. The van der Waals surface area contributed by atoms with Gasteiger partial charge in [-0.2, -0.15) is 0 Å². The minimum atomic E-state index is -0.341. The third-order valence-electron chi connectivity index (χ3n) is 2.96. The molecule has 1 aromatic carbocycles. The van der Waals surface area contributed by atoms with Gasteiger partial charge in [0.1, 0.15) is 5.69 Å². The van der Waals surface area contributed by atoms with Crippen molar-refractivity contribution in [2.24, 2.45) is 0 Å². The Morgan fingerprint density at radius 2 is 2.24 bits per heavy atom. The minimum absolute atomic E-state index is 0.0371. The van der Waals surface area contributed by atoms with Crippen LogP contribution in [-0.2, 0) is 4.79 Å². The third kappa shape index (κ3) is 2.87. The van der Waals surface area contributed by atoms with E-state index in [9.17, 15) is 9.59 Å². The van der Waals surface area contributed by atoms with Gasteiger partial charge in [0.15, 0.2) is 0 Å². The first kappa shape index (κ1) is 13.6. The smallest absolute Gasteiger partial charge is 0.275 e. The van der Waals surface area contributed by atoms with E-state index in [-0.39, 0.29) is 22.8 Å². The highest BCUT2D eigenvalue weighted by atomic mass is 32.2. The van der Waals surface area contributed by atoms with Crippen LogP contribution in [0.4, 0.5) is 11.4 Å². The summed E-state index contributed by atoms with van der Waals surface area (Å²) in [5.41, 5.74) is 1.54. The molecular formula is C14H12N4O2S. The SMILES string of the molecule is CC1Sc2ccc(NC(=O)c3cnccn3)cc2NC1=O. The highest BCUT2D eigenvalue weighted by Crippen LogP contribution is 2.36. The molecule has 21 heavy (non-hydrogen) atoms. The molecule has 6 nitrogen and oxygen atoms in total. The van der Waals surface area contributed by atoms with Crippen molar-refractivity contribution in [1.29, 1.82) is 0 Å². The summed E-state index contributed by atoms with van der Waals surface area (Å²) in [5, 5.41) is 5.44. The zero-order chi connectivity index (χ0) is 14.8. The van der Waals surface area contributed by atoms with E-state index in [1.54, 1.807) is 12.1 Å². The molecule has 2 heterocycles. The molecule has 2 N–H and O–H groups in total.